The summed E-state index contributed by atoms with van der Waals surface area (Å²) in [4.78, 5) is 0. The highest BCUT2D eigenvalue weighted by Crippen LogP contribution is 2.39. The first kappa shape index (κ1) is 8.49. The van der Waals surface area contributed by atoms with Gasteiger partial charge in [-0.2, -0.15) is 0 Å². The fourth-order valence-corrected chi connectivity index (χ4v) is 2.60. The van der Waals surface area contributed by atoms with Crippen molar-refractivity contribution in [2.75, 3.05) is 6.54 Å². The van der Waals surface area contributed by atoms with Crippen LogP contribution >= 0.6 is 0 Å². The van der Waals surface area contributed by atoms with E-state index in [1.807, 2.05) is 0 Å². The highest BCUT2D eigenvalue weighted by atomic mass is 15.0. The lowest BCUT2D eigenvalue weighted by molar-refractivity contribution is 0.535. The molecule has 0 aromatic heterocycles. The first-order valence-electron chi connectivity index (χ1n) is 5.72. The molecule has 2 atom stereocenters. The topological polar surface area (TPSA) is 12.0 Å². The Kier molecular flexibility index (Phi) is 2.06. The molecule has 0 bridgehead atoms. The van der Waals surface area contributed by atoms with Crippen molar-refractivity contribution in [3.8, 4) is 0 Å². The first-order chi connectivity index (χ1) is 6.93. The van der Waals surface area contributed by atoms with Gasteiger partial charge in [-0.25, -0.2) is 0 Å². The van der Waals surface area contributed by atoms with Crippen LogP contribution in [-0.4, -0.2) is 12.6 Å². The highest BCUT2D eigenvalue weighted by molar-refractivity contribution is 5.22. The van der Waals surface area contributed by atoms with Crippen LogP contribution in [0.2, 0.25) is 0 Å². The molecule has 0 radical (unpaired) electrons. The predicted octanol–water partition coefficient (Wildman–Crippen LogP) is 2.54. The van der Waals surface area contributed by atoms with E-state index < -0.39 is 0 Å². The van der Waals surface area contributed by atoms with Crippen LogP contribution in [-0.2, 0) is 0 Å². The Morgan fingerprint density at radius 3 is 2.57 bits per heavy atom. The molecule has 1 aromatic rings. The molecule has 2 unspecified atom stereocenters. The summed E-state index contributed by atoms with van der Waals surface area (Å²) in [6.07, 6.45) is 4.27. The van der Waals surface area contributed by atoms with Crippen molar-refractivity contribution in [3.05, 3.63) is 35.9 Å². The standard InChI is InChI=1S/C13H17N/c1-2-4-10(5-3-1)12-8-13(14-9-12)11-6-7-11/h1-5,11-14H,6-9H2. The monoisotopic (exact) mass is 187 g/mol. The number of hydrogen-bond donors (Lipinski definition) is 1. The van der Waals surface area contributed by atoms with Gasteiger partial charge in [-0.3, -0.25) is 0 Å². The molecule has 14 heavy (non-hydrogen) atoms. The third kappa shape index (κ3) is 1.57. The molecule has 3 rings (SSSR count). The summed E-state index contributed by atoms with van der Waals surface area (Å²) in [5, 5.41) is 3.67. The van der Waals surface area contributed by atoms with Crippen molar-refractivity contribution in [3.63, 3.8) is 0 Å². The van der Waals surface area contributed by atoms with Gasteiger partial charge in [0.15, 0.2) is 0 Å². The molecule has 2 fully saturated rings. The van der Waals surface area contributed by atoms with Crippen LogP contribution in [0.4, 0.5) is 0 Å². The lowest BCUT2D eigenvalue weighted by atomic mass is 9.95. The van der Waals surface area contributed by atoms with E-state index in [9.17, 15) is 0 Å². The van der Waals surface area contributed by atoms with Gasteiger partial charge in [0, 0.05) is 12.6 Å². The summed E-state index contributed by atoms with van der Waals surface area (Å²) in [6.45, 7) is 1.19. The van der Waals surface area contributed by atoms with Crippen LogP contribution in [0.1, 0.15) is 30.7 Å². The van der Waals surface area contributed by atoms with E-state index in [1.165, 1.54) is 31.4 Å². The summed E-state index contributed by atoms with van der Waals surface area (Å²) < 4.78 is 0. The van der Waals surface area contributed by atoms with E-state index >= 15 is 0 Å². The summed E-state index contributed by atoms with van der Waals surface area (Å²) in [6, 6.07) is 11.8. The van der Waals surface area contributed by atoms with Crippen LogP contribution < -0.4 is 5.32 Å². The summed E-state index contributed by atoms with van der Waals surface area (Å²) in [7, 11) is 0. The van der Waals surface area contributed by atoms with Crippen molar-refractivity contribution in [1.29, 1.82) is 0 Å². The molecule has 1 saturated heterocycles. The normalized spacial score (nSPS) is 32.0. The van der Waals surface area contributed by atoms with Gasteiger partial charge in [0.05, 0.1) is 0 Å². The number of hydrogen-bond acceptors (Lipinski definition) is 1. The lowest BCUT2D eigenvalue weighted by Gasteiger charge is -2.09. The zero-order valence-corrected chi connectivity index (χ0v) is 8.45. The second-order valence-electron chi connectivity index (χ2n) is 4.70. The van der Waals surface area contributed by atoms with E-state index in [2.05, 4.69) is 35.6 Å². The zero-order chi connectivity index (χ0) is 9.38. The predicted molar refractivity (Wildman–Crippen MR) is 58.3 cm³/mol. The fraction of sp³-hybridized carbons (Fsp3) is 0.538. The van der Waals surface area contributed by atoms with E-state index in [0.717, 1.165) is 17.9 Å². The van der Waals surface area contributed by atoms with E-state index in [-0.39, 0.29) is 0 Å². The van der Waals surface area contributed by atoms with Gasteiger partial charge >= 0.3 is 0 Å². The number of nitrogens with one attached hydrogen (secondary N) is 1. The maximum Gasteiger partial charge on any atom is 0.0102 e. The van der Waals surface area contributed by atoms with Gasteiger partial charge in [0.2, 0.25) is 0 Å². The molecule has 1 saturated carbocycles. The minimum Gasteiger partial charge on any atom is -0.313 e. The van der Waals surface area contributed by atoms with Gasteiger partial charge < -0.3 is 5.32 Å². The Balaban J connectivity index is 1.70. The second kappa shape index (κ2) is 3.39. The molecule has 1 aliphatic carbocycles. The Bertz CT molecular complexity index is 302. The van der Waals surface area contributed by atoms with Crippen LogP contribution in [0.15, 0.2) is 30.3 Å². The quantitative estimate of drug-likeness (QED) is 0.750. The van der Waals surface area contributed by atoms with Crippen molar-refractivity contribution in [2.24, 2.45) is 5.92 Å². The molecular formula is C13H17N. The van der Waals surface area contributed by atoms with Gasteiger partial charge in [0.25, 0.3) is 0 Å². The van der Waals surface area contributed by atoms with Crippen LogP contribution in [0.25, 0.3) is 0 Å². The van der Waals surface area contributed by atoms with Crippen molar-refractivity contribution in [1.82, 2.24) is 5.32 Å². The zero-order valence-electron chi connectivity index (χ0n) is 8.45. The number of benzene rings is 1. The van der Waals surface area contributed by atoms with Gasteiger partial charge in [-0.05, 0) is 36.7 Å². The molecule has 2 aliphatic rings. The lowest BCUT2D eigenvalue weighted by Crippen LogP contribution is -2.22. The molecule has 1 heterocycles. The summed E-state index contributed by atoms with van der Waals surface area (Å²) in [5.74, 6) is 1.77. The SMILES string of the molecule is c1ccc(C2CNC(C3CC3)C2)cc1. The maximum atomic E-state index is 3.67. The van der Waals surface area contributed by atoms with E-state index in [0.29, 0.717) is 0 Å². The second-order valence-corrected chi connectivity index (χ2v) is 4.70. The highest BCUT2D eigenvalue weighted by Gasteiger charge is 2.36. The Hall–Kier alpha value is -0.820. The van der Waals surface area contributed by atoms with Crippen LogP contribution in [0.3, 0.4) is 0 Å². The van der Waals surface area contributed by atoms with Crippen LogP contribution in [0.5, 0.6) is 0 Å². The molecule has 1 aliphatic heterocycles. The van der Waals surface area contributed by atoms with Crippen molar-refractivity contribution >= 4 is 0 Å². The Labute approximate surface area is 85.5 Å². The molecule has 1 nitrogen and oxygen atoms in total. The third-order valence-electron chi connectivity index (χ3n) is 3.63. The summed E-state index contributed by atoms with van der Waals surface area (Å²) in [5.41, 5.74) is 1.52. The smallest absolute Gasteiger partial charge is 0.0102 e. The van der Waals surface area contributed by atoms with Gasteiger partial charge in [-0.15, -0.1) is 0 Å². The molecule has 74 valence electrons. The van der Waals surface area contributed by atoms with E-state index in [4.69, 9.17) is 0 Å². The Morgan fingerprint density at radius 1 is 1.07 bits per heavy atom. The average molecular weight is 187 g/mol. The summed E-state index contributed by atoms with van der Waals surface area (Å²) >= 11 is 0. The Morgan fingerprint density at radius 2 is 1.86 bits per heavy atom. The fourth-order valence-electron chi connectivity index (χ4n) is 2.60. The van der Waals surface area contributed by atoms with Crippen molar-refractivity contribution in [2.45, 2.75) is 31.2 Å². The third-order valence-corrected chi connectivity index (χ3v) is 3.63. The molecule has 1 N–H and O–H groups in total. The first-order valence-corrected chi connectivity index (χ1v) is 5.72. The molecule has 1 heteroatoms. The van der Waals surface area contributed by atoms with Crippen molar-refractivity contribution < 1.29 is 0 Å². The van der Waals surface area contributed by atoms with Gasteiger partial charge in [0.1, 0.15) is 0 Å². The minimum absolute atomic E-state index is 0.766. The average Bonchev–Trinajstić information content (AvgIpc) is 2.98. The molecular weight excluding hydrogens is 170 g/mol. The van der Waals surface area contributed by atoms with E-state index in [1.54, 1.807) is 0 Å². The van der Waals surface area contributed by atoms with Gasteiger partial charge in [-0.1, -0.05) is 30.3 Å². The molecule has 1 aromatic carbocycles. The largest absolute Gasteiger partial charge is 0.313 e. The molecule has 0 spiro atoms. The number of rotatable bonds is 2. The molecule has 0 amide bonds. The minimum atomic E-state index is 0.766. The maximum absolute atomic E-state index is 3.67. The van der Waals surface area contributed by atoms with Crippen LogP contribution in [0, 0.1) is 5.92 Å².